The van der Waals surface area contributed by atoms with E-state index in [0.29, 0.717) is 5.75 Å². The van der Waals surface area contributed by atoms with Gasteiger partial charge in [-0.15, -0.1) is 0 Å². The number of hydrogen-bond donors (Lipinski definition) is 0. The smallest absolute Gasteiger partial charge is 0.322 e. The van der Waals surface area contributed by atoms with Gasteiger partial charge in [-0.1, -0.05) is 89.8 Å². The zero-order chi connectivity index (χ0) is 19.3. The summed E-state index contributed by atoms with van der Waals surface area (Å²) in [6.45, 7) is 0. The van der Waals surface area contributed by atoms with Gasteiger partial charge in [-0.05, 0) is 12.1 Å². The Balaban J connectivity index is 0.000000194. The van der Waals surface area contributed by atoms with Crippen molar-refractivity contribution in [2.24, 2.45) is 0 Å². The molecule has 5 heteroatoms. The van der Waals surface area contributed by atoms with Crippen LogP contribution in [0.25, 0.3) is 0 Å². The molecule has 0 unspecified atom stereocenters. The number of carbonyl (C=O) groups excluding carboxylic acids is 2. The summed E-state index contributed by atoms with van der Waals surface area (Å²) in [5.41, 5.74) is 2.49. The van der Waals surface area contributed by atoms with Crippen LogP contribution in [-0.2, 0) is 14.3 Å². The van der Waals surface area contributed by atoms with Crippen molar-refractivity contribution in [3.05, 3.63) is 91.0 Å². The van der Waals surface area contributed by atoms with Gasteiger partial charge >= 0.3 is 11.9 Å². The molecule has 0 amide bonds. The molecule has 0 spiro atoms. The number of hydrogen-bond acceptors (Lipinski definition) is 4. The van der Waals surface area contributed by atoms with Gasteiger partial charge in [0.15, 0.2) is 7.28 Å². The van der Waals surface area contributed by atoms with E-state index in [2.05, 4.69) is 60.5 Å². The Labute approximate surface area is 160 Å². The number of esters is 2. The minimum atomic E-state index is -0.622. The number of para-hydroxylation sites is 1. The highest BCUT2D eigenvalue weighted by molar-refractivity contribution is 6.67. The predicted octanol–water partition coefficient (Wildman–Crippen LogP) is 2.50. The second-order valence-corrected chi connectivity index (χ2v) is 5.51. The van der Waals surface area contributed by atoms with E-state index in [4.69, 9.17) is 4.74 Å². The molecule has 0 fully saturated rings. The number of rotatable bonds is 5. The Bertz CT molecular complexity index is 783. The number of methoxy groups -OCH3 is 1. The summed E-state index contributed by atoms with van der Waals surface area (Å²) >= 11 is 0. The number of benzene rings is 3. The van der Waals surface area contributed by atoms with E-state index < -0.39 is 11.9 Å². The fraction of sp³-hybridized carbons (Fsp3) is 0.0909. The lowest BCUT2D eigenvalue weighted by atomic mass is 9.64. The van der Waals surface area contributed by atoms with E-state index in [1.807, 2.05) is 12.1 Å². The molecule has 0 heterocycles. The van der Waals surface area contributed by atoms with Crippen LogP contribution in [0.4, 0.5) is 0 Å². The average molecular weight is 359 g/mol. The van der Waals surface area contributed by atoms with Gasteiger partial charge in [0.2, 0.25) is 0 Å². The molecule has 0 aliphatic carbocycles. The topological polar surface area (TPSA) is 52.6 Å². The summed E-state index contributed by atoms with van der Waals surface area (Å²) < 4.78 is 9.17. The summed E-state index contributed by atoms with van der Waals surface area (Å²) in [4.78, 5) is 21.7. The minimum absolute atomic E-state index is 0.370. The lowest BCUT2D eigenvalue weighted by Crippen LogP contribution is -2.26. The normalized spacial score (nSPS) is 9.37. The van der Waals surface area contributed by atoms with Crippen LogP contribution in [0.2, 0.25) is 0 Å². The highest BCUT2D eigenvalue weighted by atomic mass is 16.5. The molecule has 0 N–H and O–H groups in total. The lowest BCUT2D eigenvalue weighted by Gasteiger charge is -2.02. The zero-order valence-corrected chi connectivity index (χ0v) is 15.1. The second-order valence-electron chi connectivity index (χ2n) is 5.51. The molecule has 0 saturated heterocycles. The Morgan fingerprint density at radius 2 is 1.15 bits per heavy atom. The molecule has 27 heavy (non-hydrogen) atoms. The maximum Gasteiger partial charge on any atom is 0.322 e. The SMILES string of the molecule is COC(=O)CC(=O)Oc1ccccc1.[B](c1ccccc1)c1ccccc1. The second kappa shape index (κ2) is 11.3. The average Bonchev–Trinajstić information content (AvgIpc) is 2.70. The van der Waals surface area contributed by atoms with Crippen molar-refractivity contribution in [3.63, 3.8) is 0 Å². The van der Waals surface area contributed by atoms with Crippen LogP contribution in [0, 0.1) is 0 Å². The van der Waals surface area contributed by atoms with Gasteiger partial charge in [0.1, 0.15) is 12.2 Å². The van der Waals surface area contributed by atoms with Crippen molar-refractivity contribution in [1.29, 1.82) is 0 Å². The third kappa shape index (κ3) is 8.05. The molecule has 0 saturated carbocycles. The molecule has 0 aromatic heterocycles. The maximum atomic E-state index is 11.1. The largest absolute Gasteiger partial charge is 0.469 e. The molecule has 1 radical (unpaired) electrons. The van der Waals surface area contributed by atoms with Crippen LogP contribution in [0.15, 0.2) is 91.0 Å². The van der Waals surface area contributed by atoms with Crippen molar-refractivity contribution in [3.8, 4) is 5.75 Å². The summed E-state index contributed by atoms with van der Waals surface area (Å²) in [6, 6.07) is 29.2. The first kappa shape index (κ1) is 20.0. The van der Waals surface area contributed by atoms with Crippen LogP contribution in [0.3, 0.4) is 0 Å². The van der Waals surface area contributed by atoms with E-state index in [1.165, 1.54) is 18.0 Å². The lowest BCUT2D eigenvalue weighted by molar-refractivity contribution is -0.148. The van der Waals surface area contributed by atoms with Crippen molar-refractivity contribution in [1.82, 2.24) is 0 Å². The van der Waals surface area contributed by atoms with E-state index in [9.17, 15) is 9.59 Å². The van der Waals surface area contributed by atoms with Gasteiger partial charge in [-0.3, -0.25) is 9.59 Å². The quantitative estimate of drug-likeness (QED) is 0.304. The van der Waals surface area contributed by atoms with Crippen LogP contribution in [-0.4, -0.2) is 26.3 Å². The van der Waals surface area contributed by atoms with Gasteiger partial charge in [0, 0.05) is 0 Å². The standard InChI is InChI=1S/C12H10B.C10H10O4/c1-3-7-11(8-4-1)13-12-9-5-2-6-10-12;1-13-9(11)7-10(12)14-8-5-3-2-4-6-8/h1-10H;2-6H,7H2,1H3. The Morgan fingerprint density at radius 3 is 1.59 bits per heavy atom. The predicted molar refractivity (Wildman–Crippen MR) is 107 cm³/mol. The maximum absolute atomic E-state index is 11.1. The third-order valence-corrected chi connectivity index (χ3v) is 3.42. The van der Waals surface area contributed by atoms with Crippen molar-refractivity contribution in [2.45, 2.75) is 6.42 Å². The Morgan fingerprint density at radius 1 is 0.704 bits per heavy atom. The minimum Gasteiger partial charge on any atom is -0.469 e. The molecule has 0 aliphatic rings. The molecule has 3 aromatic rings. The van der Waals surface area contributed by atoms with Gasteiger partial charge in [-0.25, -0.2) is 0 Å². The first-order valence-electron chi connectivity index (χ1n) is 8.45. The van der Waals surface area contributed by atoms with Crippen molar-refractivity contribution in [2.75, 3.05) is 7.11 Å². The molecular weight excluding hydrogens is 339 g/mol. The fourth-order valence-corrected chi connectivity index (χ4v) is 2.14. The Hall–Kier alpha value is -3.34. The van der Waals surface area contributed by atoms with E-state index in [0.717, 1.165) is 0 Å². The molecule has 135 valence electrons. The van der Waals surface area contributed by atoms with Gasteiger partial charge in [0.05, 0.1) is 7.11 Å². The van der Waals surface area contributed by atoms with Crippen molar-refractivity contribution < 1.29 is 19.1 Å². The summed E-state index contributed by atoms with van der Waals surface area (Å²) in [7, 11) is 3.39. The highest BCUT2D eigenvalue weighted by Gasteiger charge is 2.11. The highest BCUT2D eigenvalue weighted by Crippen LogP contribution is 2.09. The molecular formula is C22H20BO4. The third-order valence-electron chi connectivity index (χ3n) is 3.42. The van der Waals surface area contributed by atoms with Gasteiger partial charge in [-0.2, -0.15) is 0 Å². The molecule has 4 nitrogen and oxygen atoms in total. The monoisotopic (exact) mass is 359 g/mol. The number of ether oxygens (including phenoxy) is 2. The fourth-order valence-electron chi connectivity index (χ4n) is 2.14. The Kier molecular flexibility index (Phi) is 8.37. The molecule has 0 bridgehead atoms. The summed E-state index contributed by atoms with van der Waals surface area (Å²) in [6.07, 6.45) is -0.370. The van der Waals surface area contributed by atoms with Crippen molar-refractivity contribution >= 4 is 30.1 Å². The van der Waals surface area contributed by atoms with Gasteiger partial charge < -0.3 is 9.47 Å². The van der Waals surface area contributed by atoms with E-state index in [1.54, 1.807) is 30.3 Å². The van der Waals surface area contributed by atoms with Crippen LogP contribution < -0.4 is 15.7 Å². The van der Waals surface area contributed by atoms with E-state index >= 15 is 0 Å². The van der Waals surface area contributed by atoms with Crippen LogP contribution >= 0.6 is 0 Å². The van der Waals surface area contributed by atoms with Crippen LogP contribution in [0.1, 0.15) is 6.42 Å². The zero-order valence-electron chi connectivity index (χ0n) is 15.1. The van der Waals surface area contributed by atoms with E-state index in [-0.39, 0.29) is 6.42 Å². The molecule has 0 aliphatic heterocycles. The first-order valence-corrected chi connectivity index (χ1v) is 8.45. The van der Waals surface area contributed by atoms with Crippen LogP contribution in [0.5, 0.6) is 5.75 Å². The molecule has 3 rings (SSSR count). The molecule has 0 atom stereocenters. The first-order chi connectivity index (χ1) is 13.2. The number of carbonyl (C=O) groups is 2. The van der Waals surface area contributed by atoms with Gasteiger partial charge in [0.25, 0.3) is 0 Å². The summed E-state index contributed by atoms with van der Waals surface area (Å²) in [5, 5.41) is 0. The summed E-state index contributed by atoms with van der Waals surface area (Å²) in [5.74, 6) is -0.810. The molecule has 3 aromatic carbocycles.